The minimum absolute atomic E-state index is 0.0399. The molecule has 4 aromatic rings. The first-order chi connectivity index (χ1) is 21.9. The van der Waals surface area contributed by atoms with Crippen LogP contribution >= 0.6 is 0 Å². The van der Waals surface area contributed by atoms with Crippen molar-refractivity contribution in [1.29, 1.82) is 0 Å². The van der Waals surface area contributed by atoms with Crippen LogP contribution in [0.15, 0.2) is 120 Å². The van der Waals surface area contributed by atoms with Gasteiger partial charge in [-0.25, -0.2) is 8.42 Å². The van der Waals surface area contributed by atoms with Crippen LogP contribution in [0.2, 0.25) is 0 Å². The minimum atomic E-state index is -4.21. The highest BCUT2D eigenvalue weighted by Gasteiger charge is 2.36. The largest absolute Gasteiger partial charge is 0.495 e. The summed E-state index contributed by atoms with van der Waals surface area (Å²) >= 11 is 0. The van der Waals surface area contributed by atoms with Gasteiger partial charge in [-0.2, -0.15) is 0 Å². The topological polar surface area (TPSA) is 96.0 Å². The molecule has 0 bridgehead atoms. The summed E-state index contributed by atoms with van der Waals surface area (Å²) in [6, 6.07) is 32.9. The van der Waals surface area contributed by atoms with Crippen LogP contribution in [0.4, 0.5) is 5.69 Å². The molecule has 2 amide bonds. The van der Waals surface area contributed by atoms with E-state index in [-0.39, 0.29) is 35.5 Å². The zero-order chi connectivity index (χ0) is 31.6. The van der Waals surface area contributed by atoms with Crippen LogP contribution in [0.3, 0.4) is 0 Å². The normalized spacial score (nSPS) is 14.0. The van der Waals surface area contributed by atoms with Crippen LogP contribution in [0.5, 0.6) is 5.75 Å². The molecule has 0 radical (unpaired) electrons. The number of nitrogens with one attached hydrogen (secondary N) is 1. The van der Waals surface area contributed by atoms with Crippen LogP contribution < -0.4 is 14.4 Å². The molecule has 0 spiro atoms. The van der Waals surface area contributed by atoms with Gasteiger partial charge in [-0.15, -0.1) is 0 Å². The van der Waals surface area contributed by atoms with E-state index >= 15 is 0 Å². The van der Waals surface area contributed by atoms with Gasteiger partial charge in [0.25, 0.3) is 10.0 Å². The van der Waals surface area contributed by atoms with Gasteiger partial charge in [0, 0.05) is 19.0 Å². The lowest BCUT2D eigenvalue weighted by Gasteiger charge is -2.34. The Labute approximate surface area is 265 Å². The van der Waals surface area contributed by atoms with Gasteiger partial charge in [0.2, 0.25) is 11.8 Å². The van der Waals surface area contributed by atoms with Gasteiger partial charge >= 0.3 is 0 Å². The Kier molecular flexibility index (Phi) is 10.5. The van der Waals surface area contributed by atoms with E-state index in [2.05, 4.69) is 5.32 Å². The van der Waals surface area contributed by atoms with Gasteiger partial charge in [0.1, 0.15) is 18.3 Å². The van der Waals surface area contributed by atoms with Crippen molar-refractivity contribution in [1.82, 2.24) is 10.2 Å². The number of para-hydroxylation sites is 2. The number of anilines is 1. The van der Waals surface area contributed by atoms with Crippen molar-refractivity contribution in [2.24, 2.45) is 0 Å². The number of carbonyl (C=O) groups excluding carboxylic acids is 2. The number of sulfonamides is 1. The molecule has 1 fully saturated rings. The molecule has 1 atom stereocenters. The van der Waals surface area contributed by atoms with E-state index in [1.807, 2.05) is 60.7 Å². The standard InChI is InChI=1S/C36H39N3O5S/c1-44-34-24-14-13-23-32(34)39(45(42,43)31-21-9-4-10-22-31)27-35(40)38(26-29-17-7-3-8-18-29)33(25-28-15-5-2-6-16-28)36(41)37-30-19-11-12-20-30/h2-10,13-18,21-24,30,33H,11-12,19-20,25-27H2,1H3,(H,37,41)/t33-/m0/s1. The quantitative estimate of drug-likeness (QED) is 0.209. The number of amides is 2. The van der Waals surface area contributed by atoms with E-state index in [9.17, 15) is 18.0 Å². The Morgan fingerprint density at radius 3 is 1.98 bits per heavy atom. The highest BCUT2D eigenvalue weighted by Crippen LogP contribution is 2.32. The van der Waals surface area contributed by atoms with E-state index in [1.165, 1.54) is 24.1 Å². The Morgan fingerprint density at radius 2 is 1.36 bits per heavy atom. The third-order valence-electron chi connectivity index (χ3n) is 8.13. The lowest BCUT2D eigenvalue weighted by molar-refractivity contribution is -0.140. The van der Waals surface area contributed by atoms with Crippen molar-refractivity contribution >= 4 is 27.5 Å². The van der Waals surface area contributed by atoms with Gasteiger partial charge in [-0.3, -0.25) is 13.9 Å². The van der Waals surface area contributed by atoms with Crippen molar-refractivity contribution in [3.8, 4) is 5.75 Å². The summed E-state index contributed by atoms with van der Waals surface area (Å²) in [5, 5.41) is 3.20. The second-order valence-corrected chi connectivity index (χ2v) is 13.1. The fourth-order valence-corrected chi connectivity index (χ4v) is 7.22. The number of nitrogens with zero attached hydrogens (tertiary/aromatic N) is 2. The fraction of sp³-hybridized carbons (Fsp3) is 0.278. The summed E-state index contributed by atoms with van der Waals surface area (Å²) in [7, 11) is -2.75. The summed E-state index contributed by atoms with van der Waals surface area (Å²) in [6.45, 7) is -0.410. The monoisotopic (exact) mass is 625 g/mol. The zero-order valence-corrected chi connectivity index (χ0v) is 26.2. The number of rotatable bonds is 13. The Balaban J connectivity index is 1.57. The minimum Gasteiger partial charge on any atom is -0.495 e. The molecule has 8 nitrogen and oxygen atoms in total. The first kappa shape index (κ1) is 31.8. The molecule has 0 aliphatic heterocycles. The first-order valence-electron chi connectivity index (χ1n) is 15.3. The second-order valence-electron chi connectivity index (χ2n) is 11.2. The SMILES string of the molecule is COc1ccccc1N(CC(=O)N(Cc1ccccc1)[C@@H](Cc1ccccc1)C(=O)NC1CCCC1)S(=O)(=O)c1ccccc1. The summed E-state index contributed by atoms with van der Waals surface area (Å²) in [5.74, 6) is -0.448. The highest BCUT2D eigenvalue weighted by atomic mass is 32.2. The molecule has 0 unspecified atom stereocenters. The molecule has 1 aliphatic rings. The molecule has 5 rings (SSSR count). The van der Waals surface area contributed by atoms with Gasteiger partial charge in [-0.05, 0) is 48.2 Å². The predicted molar refractivity (Wildman–Crippen MR) is 175 cm³/mol. The number of ether oxygens (including phenoxy) is 1. The Bertz CT molecular complexity index is 1660. The molecule has 45 heavy (non-hydrogen) atoms. The number of benzene rings is 4. The third kappa shape index (κ3) is 7.91. The molecule has 1 aliphatic carbocycles. The summed E-state index contributed by atoms with van der Waals surface area (Å²) in [4.78, 5) is 30.2. The number of methoxy groups -OCH3 is 1. The maximum Gasteiger partial charge on any atom is 0.264 e. The van der Waals surface area contributed by atoms with Crippen LogP contribution in [-0.4, -0.2) is 50.9 Å². The maximum atomic E-state index is 14.6. The predicted octanol–water partition coefficient (Wildman–Crippen LogP) is 5.59. The summed E-state index contributed by atoms with van der Waals surface area (Å²) in [5.41, 5.74) is 1.95. The van der Waals surface area contributed by atoms with Crippen LogP contribution in [-0.2, 0) is 32.6 Å². The van der Waals surface area contributed by atoms with Crippen molar-refractivity contribution in [3.63, 3.8) is 0 Å². The van der Waals surface area contributed by atoms with Crippen LogP contribution in [0.25, 0.3) is 0 Å². The van der Waals surface area contributed by atoms with Crippen molar-refractivity contribution in [3.05, 3.63) is 126 Å². The number of hydrogen-bond acceptors (Lipinski definition) is 5. The molecular weight excluding hydrogens is 586 g/mol. The summed E-state index contributed by atoms with van der Waals surface area (Å²) in [6.07, 6.45) is 4.16. The van der Waals surface area contributed by atoms with Crippen LogP contribution in [0.1, 0.15) is 36.8 Å². The smallest absolute Gasteiger partial charge is 0.264 e. The van der Waals surface area contributed by atoms with E-state index in [0.717, 1.165) is 41.1 Å². The average molecular weight is 626 g/mol. The molecule has 1 N–H and O–H groups in total. The molecule has 4 aromatic carbocycles. The first-order valence-corrected chi connectivity index (χ1v) is 16.7. The van der Waals surface area contributed by atoms with E-state index in [0.29, 0.717) is 5.75 Å². The Hall–Kier alpha value is -4.63. The lowest BCUT2D eigenvalue weighted by atomic mass is 10.0. The van der Waals surface area contributed by atoms with Gasteiger partial charge in [-0.1, -0.05) is 104 Å². The van der Waals surface area contributed by atoms with Crippen molar-refractivity contribution in [2.75, 3.05) is 18.0 Å². The number of carbonyl (C=O) groups is 2. The van der Waals surface area contributed by atoms with Gasteiger partial charge in [0.05, 0.1) is 17.7 Å². The highest BCUT2D eigenvalue weighted by molar-refractivity contribution is 7.92. The second kappa shape index (κ2) is 14.9. The lowest BCUT2D eigenvalue weighted by Crippen LogP contribution is -2.54. The van der Waals surface area contributed by atoms with Crippen LogP contribution in [0, 0.1) is 0 Å². The molecule has 0 heterocycles. The third-order valence-corrected chi connectivity index (χ3v) is 9.91. The molecule has 0 saturated heterocycles. The maximum absolute atomic E-state index is 14.6. The Morgan fingerprint density at radius 1 is 0.800 bits per heavy atom. The van der Waals surface area contributed by atoms with Crippen molar-refractivity contribution in [2.45, 2.75) is 55.6 Å². The fourth-order valence-electron chi connectivity index (χ4n) is 5.77. The zero-order valence-electron chi connectivity index (χ0n) is 25.4. The molecule has 234 valence electrons. The van der Waals surface area contributed by atoms with Gasteiger partial charge < -0.3 is 15.0 Å². The summed E-state index contributed by atoms with van der Waals surface area (Å²) < 4.78 is 34.9. The molecule has 1 saturated carbocycles. The van der Waals surface area contributed by atoms with E-state index in [4.69, 9.17) is 4.74 Å². The average Bonchev–Trinajstić information content (AvgIpc) is 3.59. The van der Waals surface area contributed by atoms with E-state index < -0.39 is 28.5 Å². The molecular formula is C36H39N3O5S. The molecule has 0 aromatic heterocycles. The van der Waals surface area contributed by atoms with Crippen molar-refractivity contribution < 1.29 is 22.7 Å². The molecule has 9 heteroatoms. The van der Waals surface area contributed by atoms with E-state index in [1.54, 1.807) is 42.5 Å². The van der Waals surface area contributed by atoms with Gasteiger partial charge in [0.15, 0.2) is 0 Å². The number of hydrogen-bond donors (Lipinski definition) is 1.